The number of carbonyl (C=O) groups excluding carboxylic acids is 1. The number of carbonyl (C=O) groups is 1. The Balaban J connectivity index is 2.01. The number of alkyl halides is 3. The van der Waals surface area contributed by atoms with Gasteiger partial charge in [-0.15, -0.1) is 0 Å². The summed E-state index contributed by atoms with van der Waals surface area (Å²) in [6, 6.07) is 11.1. The third-order valence-electron chi connectivity index (χ3n) is 3.99. The summed E-state index contributed by atoms with van der Waals surface area (Å²) < 4.78 is 41.7. The van der Waals surface area contributed by atoms with Gasteiger partial charge in [0.15, 0.2) is 5.69 Å². The molecule has 1 aromatic heterocycles. The normalized spacial score (nSPS) is 11.5. The van der Waals surface area contributed by atoms with E-state index < -0.39 is 23.3 Å². The summed E-state index contributed by atoms with van der Waals surface area (Å²) >= 11 is 6.00. The van der Waals surface area contributed by atoms with Gasteiger partial charge in [0.1, 0.15) is 0 Å². The molecule has 27 heavy (non-hydrogen) atoms. The minimum atomic E-state index is -4.76. The maximum atomic E-state index is 13.7. The first-order chi connectivity index (χ1) is 12.7. The van der Waals surface area contributed by atoms with Gasteiger partial charge in [-0.2, -0.15) is 18.3 Å². The molecule has 2 aromatic carbocycles. The zero-order valence-electron chi connectivity index (χ0n) is 14.4. The van der Waals surface area contributed by atoms with Crippen LogP contribution in [0, 0.1) is 13.8 Å². The number of nitrogens with zero attached hydrogens (tertiary/aromatic N) is 2. The molecule has 1 amide bonds. The summed E-state index contributed by atoms with van der Waals surface area (Å²) in [5.41, 5.74) is 0.491. The number of halogens is 4. The molecule has 0 radical (unpaired) electrons. The number of rotatable bonds is 3. The SMILES string of the molecule is Cc1ccc(-n2ncc(C(=O)Nc3ccc(C)c(Cl)c3)c2C(F)(F)F)cc1. The van der Waals surface area contributed by atoms with Gasteiger partial charge >= 0.3 is 6.18 Å². The molecule has 4 nitrogen and oxygen atoms in total. The van der Waals surface area contributed by atoms with E-state index in [0.29, 0.717) is 10.7 Å². The third kappa shape index (κ3) is 3.98. The number of amides is 1. The molecule has 1 heterocycles. The summed E-state index contributed by atoms with van der Waals surface area (Å²) in [6.45, 7) is 3.60. The predicted molar refractivity (Wildman–Crippen MR) is 97.4 cm³/mol. The van der Waals surface area contributed by atoms with Gasteiger partial charge < -0.3 is 5.32 Å². The van der Waals surface area contributed by atoms with Gasteiger partial charge in [0.05, 0.1) is 17.4 Å². The lowest BCUT2D eigenvalue weighted by Gasteiger charge is -2.13. The molecule has 3 aromatic rings. The van der Waals surface area contributed by atoms with E-state index >= 15 is 0 Å². The molecule has 0 saturated heterocycles. The van der Waals surface area contributed by atoms with Crippen LogP contribution in [0.1, 0.15) is 27.2 Å². The zero-order chi connectivity index (χ0) is 19.8. The average Bonchev–Trinajstić information content (AvgIpc) is 3.04. The fourth-order valence-corrected chi connectivity index (χ4v) is 2.72. The number of nitrogens with one attached hydrogen (secondary N) is 1. The third-order valence-corrected chi connectivity index (χ3v) is 4.40. The first kappa shape index (κ1) is 19.0. The van der Waals surface area contributed by atoms with Crippen molar-refractivity contribution in [2.45, 2.75) is 20.0 Å². The van der Waals surface area contributed by atoms with Crippen LogP contribution in [0.2, 0.25) is 5.02 Å². The molecule has 0 spiro atoms. The second-order valence-corrected chi connectivity index (χ2v) is 6.48. The molecule has 0 aliphatic heterocycles. The van der Waals surface area contributed by atoms with Crippen LogP contribution in [0.25, 0.3) is 5.69 Å². The van der Waals surface area contributed by atoms with Gasteiger partial charge in [0, 0.05) is 10.7 Å². The Kier molecular flexibility index (Phi) is 4.97. The number of aryl methyl sites for hydroxylation is 2. The quantitative estimate of drug-likeness (QED) is 0.646. The fourth-order valence-electron chi connectivity index (χ4n) is 2.54. The first-order valence-corrected chi connectivity index (χ1v) is 8.34. The van der Waals surface area contributed by atoms with Crippen LogP contribution in [-0.4, -0.2) is 15.7 Å². The summed E-state index contributed by atoms with van der Waals surface area (Å²) in [6.07, 6.45) is -3.85. The number of aromatic nitrogens is 2. The van der Waals surface area contributed by atoms with Gasteiger partial charge in [-0.05, 0) is 43.7 Å². The lowest BCUT2D eigenvalue weighted by Crippen LogP contribution is -2.20. The van der Waals surface area contributed by atoms with E-state index in [-0.39, 0.29) is 5.69 Å². The van der Waals surface area contributed by atoms with E-state index in [2.05, 4.69) is 10.4 Å². The van der Waals surface area contributed by atoms with Crippen molar-refractivity contribution < 1.29 is 18.0 Å². The van der Waals surface area contributed by atoms with Gasteiger partial charge in [-0.1, -0.05) is 35.4 Å². The zero-order valence-corrected chi connectivity index (χ0v) is 15.2. The minimum Gasteiger partial charge on any atom is -0.322 e. The van der Waals surface area contributed by atoms with Gasteiger partial charge in [-0.25, -0.2) is 4.68 Å². The summed E-state index contributed by atoms with van der Waals surface area (Å²) in [5, 5.41) is 6.62. The van der Waals surface area contributed by atoms with Crippen molar-refractivity contribution in [3.8, 4) is 5.69 Å². The molecule has 3 rings (SSSR count). The van der Waals surface area contributed by atoms with E-state index in [9.17, 15) is 18.0 Å². The topological polar surface area (TPSA) is 46.9 Å². The van der Waals surface area contributed by atoms with E-state index in [1.165, 1.54) is 18.2 Å². The molecule has 0 fully saturated rings. The number of anilines is 1. The first-order valence-electron chi connectivity index (χ1n) is 7.96. The highest BCUT2D eigenvalue weighted by atomic mass is 35.5. The Hall–Kier alpha value is -2.80. The highest BCUT2D eigenvalue weighted by molar-refractivity contribution is 6.31. The van der Waals surface area contributed by atoms with Crippen LogP contribution in [-0.2, 0) is 6.18 Å². The van der Waals surface area contributed by atoms with Crippen molar-refractivity contribution in [1.82, 2.24) is 9.78 Å². The van der Waals surface area contributed by atoms with E-state index in [1.807, 2.05) is 6.92 Å². The molecular formula is C19H15ClF3N3O. The van der Waals surface area contributed by atoms with Crippen molar-refractivity contribution >= 4 is 23.2 Å². The van der Waals surface area contributed by atoms with Gasteiger partial charge in [0.2, 0.25) is 0 Å². The largest absolute Gasteiger partial charge is 0.434 e. The molecule has 0 unspecified atom stereocenters. The predicted octanol–water partition coefficient (Wildman–Crippen LogP) is 5.41. The van der Waals surface area contributed by atoms with Gasteiger partial charge in [-0.3, -0.25) is 4.79 Å². The van der Waals surface area contributed by atoms with Crippen LogP contribution in [0.3, 0.4) is 0 Å². The molecule has 0 atom stereocenters. The Morgan fingerprint density at radius 3 is 2.37 bits per heavy atom. The molecule has 0 aliphatic rings. The lowest BCUT2D eigenvalue weighted by atomic mass is 10.2. The summed E-state index contributed by atoms with van der Waals surface area (Å²) in [4.78, 5) is 12.5. The van der Waals surface area contributed by atoms with Crippen LogP contribution < -0.4 is 5.32 Å². The molecule has 8 heteroatoms. The number of benzene rings is 2. The van der Waals surface area contributed by atoms with Crippen molar-refractivity contribution in [2.75, 3.05) is 5.32 Å². The molecule has 1 N–H and O–H groups in total. The Morgan fingerprint density at radius 1 is 1.11 bits per heavy atom. The highest BCUT2D eigenvalue weighted by Gasteiger charge is 2.40. The van der Waals surface area contributed by atoms with Crippen molar-refractivity contribution in [2.24, 2.45) is 0 Å². The summed E-state index contributed by atoms with van der Waals surface area (Å²) in [7, 11) is 0. The number of hydrogen-bond donors (Lipinski definition) is 1. The van der Waals surface area contributed by atoms with Gasteiger partial charge in [0.25, 0.3) is 5.91 Å². The summed E-state index contributed by atoms with van der Waals surface area (Å²) in [5.74, 6) is -0.916. The monoisotopic (exact) mass is 393 g/mol. The lowest BCUT2D eigenvalue weighted by molar-refractivity contribution is -0.143. The maximum absolute atomic E-state index is 13.7. The Labute approximate surface area is 158 Å². The van der Waals surface area contributed by atoms with E-state index in [0.717, 1.165) is 22.0 Å². The molecule has 0 bridgehead atoms. The van der Waals surface area contributed by atoms with Crippen LogP contribution in [0.4, 0.5) is 18.9 Å². The average molecular weight is 394 g/mol. The van der Waals surface area contributed by atoms with Crippen molar-refractivity contribution in [1.29, 1.82) is 0 Å². The smallest absolute Gasteiger partial charge is 0.322 e. The molecule has 140 valence electrons. The Bertz CT molecular complexity index is 994. The van der Waals surface area contributed by atoms with Crippen molar-refractivity contribution in [3.63, 3.8) is 0 Å². The standard InChI is InChI=1S/C19H15ClF3N3O/c1-11-3-7-14(8-4-11)26-17(19(21,22)23)15(10-24-26)18(27)25-13-6-5-12(2)16(20)9-13/h3-10H,1-2H3,(H,25,27). The van der Waals surface area contributed by atoms with Crippen LogP contribution in [0.15, 0.2) is 48.7 Å². The number of hydrogen-bond acceptors (Lipinski definition) is 2. The van der Waals surface area contributed by atoms with Crippen LogP contribution in [0.5, 0.6) is 0 Å². The molecule has 0 aliphatic carbocycles. The van der Waals surface area contributed by atoms with E-state index in [1.54, 1.807) is 31.2 Å². The molecule has 0 saturated carbocycles. The highest BCUT2D eigenvalue weighted by Crippen LogP contribution is 2.34. The second-order valence-electron chi connectivity index (χ2n) is 6.07. The molecular weight excluding hydrogens is 379 g/mol. The Morgan fingerprint density at radius 2 is 1.78 bits per heavy atom. The second kappa shape index (κ2) is 7.08. The van der Waals surface area contributed by atoms with Crippen molar-refractivity contribution in [3.05, 3.63) is 76.1 Å². The minimum absolute atomic E-state index is 0.213. The maximum Gasteiger partial charge on any atom is 0.434 e. The fraction of sp³-hybridized carbons (Fsp3) is 0.158. The van der Waals surface area contributed by atoms with E-state index in [4.69, 9.17) is 11.6 Å². The van der Waals surface area contributed by atoms with Crippen LogP contribution >= 0.6 is 11.6 Å².